The molecule has 4 nitrogen and oxygen atoms in total. The van der Waals surface area contributed by atoms with Crippen LogP contribution in [0.2, 0.25) is 0 Å². The monoisotopic (exact) mass is 264 g/mol. The summed E-state index contributed by atoms with van der Waals surface area (Å²) < 4.78 is 11.3. The lowest BCUT2D eigenvalue weighted by atomic mass is 10.1. The van der Waals surface area contributed by atoms with Crippen molar-refractivity contribution in [2.24, 2.45) is 0 Å². The molecule has 0 spiro atoms. The molecule has 0 saturated carbocycles. The maximum atomic E-state index is 10.8. The highest BCUT2D eigenvalue weighted by molar-refractivity contribution is 5.70. The Morgan fingerprint density at radius 1 is 1.32 bits per heavy atom. The highest BCUT2D eigenvalue weighted by Crippen LogP contribution is 2.15. The van der Waals surface area contributed by atoms with Crippen LogP contribution in [0.4, 0.5) is 0 Å². The van der Waals surface area contributed by atoms with Crippen molar-refractivity contribution in [2.45, 2.75) is 38.4 Å². The van der Waals surface area contributed by atoms with Gasteiger partial charge in [0, 0.05) is 6.61 Å². The third kappa shape index (κ3) is 4.65. The highest BCUT2D eigenvalue weighted by atomic mass is 16.5. The summed E-state index contributed by atoms with van der Waals surface area (Å²) in [5.74, 6) is -0.817. The van der Waals surface area contributed by atoms with Crippen LogP contribution in [-0.4, -0.2) is 30.4 Å². The van der Waals surface area contributed by atoms with Crippen LogP contribution in [-0.2, 0) is 27.3 Å². The molecular formula is C15H20O4. The van der Waals surface area contributed by atoms with Gasteiger partial charge in [0.1, 0.15) is 0 Å². The minimum absolute atomic E-state index is 0.0411. The lowest BCUT2D eigenvalue weighted by Gasteiger charge is -2.22. The predicted octanol–water partition coefficient (Wildman–Crippen LogP) is 2.40. The summed E-state index contributed by atoms with van der Waals surface area (Å²) in [6.45, 7) is 1.86. The number of hydrogen-bond acceptors (Lipinski definition) is 3. The van der Waals surface area contributed by atoms with Crippen molar-refractivity contribution < 1.29 is 19.4 Å². The second kappa shape index (κ2) is 7.26. The van der Waals surface area contributed by atoms with Crippen LogP contribution in [0, 0.1) is 0 Å². The van der Waals surface area contributed by atoms with Gasteiger partial charge in [-0.1, -0.05) is 24.3 Å². The van der Waals surface area contributed by atoms with Crippen molar-refractivity contribution in [1.29, 1.82) is 0 Å². The molecule has 1 aromatic rings. The molecule has 1 atom stereocenters. The number of hydrogen-bond donors (Lipinski definition) is 1. The molecule has 1 heterocycles. The van der Waals surface area contributed by atoms with Crippen LogP contribution < -0.4 is 0 Å². The van der Waals surface area contributed by atoms with Gasteiger partial charge in [-0.25, -0.2) is 0 Å². The quantitative estimate of drug-likeness (QED) is 0.857. The number of carboxylic acids is 1. The molecule has 104 valence electrons. The molecule has 0 amide bonds. The highest BCUT2D eigenvalue weighted by Gasteiger charge is 2.14. The van der Waals surface area contributed by atoms with E-state index in [9.17, 15) is 4.79 Å². The van der Waals surface area contributed by atoms with E-state index in [1.165, 1.54) is 6.42 Å². The molecule has 1 aliphatic rings. The molecule has 19 heavy (non-hydrogen) atoms. The molecule has 1 aromatic carbocycles. The first kappa shape index (κ1) is 14.0. The Bertz CT molecular complexity index is 410. The van der Waals surface area contributed by atoms with Crippen molar-refractivity contribution in [3.8, 4) is 0 Å². The van der Waals surface area contributed by atoms with Crippen LogP contribution in [0.25, 0.3) is 0 Å². The molecule has 4 heteroatoms. The van der Waals surface area contributed by atoms with E-state index in [4.69, 9.17) is 14.6 Å². The van der Waals surface area contributed by atoms with Gasteiger partial charge in [0.25, 0.3) is 0 Å². The zero-order chi connectivity index (χ0) is 13.5. The maximum Gasteiger partial charge on any atom is 0.307 e. The minimum Gasteiger partial charge on any atom is -0.481 e. The molecule has 1 saturated heterocycles. The molecule has 1 fully saturated rings. The van der Waals surface area contributed by atoms with E-state index >= 15 is 0 Å². The van der Waals surface area contributed by atoms with Crippen molar-refractivity contribution >= 4 is 5.97 Å². The van der Waals surface area contributed by atoms with Crippen LogP contribution >= 0.6 is 0 Å². The first-order chi connectivity index (χ1) is 9.25. The summed E-state index contributed by atoms with van der Waals surface area (Å²) in [7, 11) is 0. The number of carboxylic acid groups (broad SMARTS) is 1. The first-order valence-electron chi connectivity index (χ1n) is 6.73. The van der Waals surface area contributed by atoms with E-state index in [-0.39, 0.29) is 12.5 Å². The Hall–Kier alpha value is -1.39. The summed E-state index contributed by atoms with van der Waals surface area (Å²) in [5, 5.41) is 8.86. The van der Waals surface area contributed by atoms with Crippen molar-refractivity contribution in [3.63, 3.8) is 0 Å². The van der Waals surface area contributed by atoms with E-state index in [1.807, 2.05) is 24.3 Å². The number of benzene rings is 1. The van der Waals surface area contributed by atoms with Crippen molar-refractivity contribution in [1.82, 2.24) is 0 Å². The summed E-state index contributed by atoms with van der Waals surface area (Å²) in [6.07, 6.45) is 3.62. The Balaban J connectivity index is 1.83. The predicted molar refractivity (Wildman–Crippen MR) is 71.0 cm³/mol. The molecular weight excluding hydrogens is 244 g/mol. The Morgan fingerprint density at radius 2 is 2.11 bits per heavy atom. The van der Waals surface area contributed by atoms with E-state index < -0.39 is 5.97 Å². The minimum atomic E-state index is -0.817. The number of rotatable bonds is 6. The smallest absolute Gasteiger partial charge is 0.307 e. The second-order valence-corrected chi connectivity index (χ2v) is 4.84. The zero-order valence-electron chi connectivity index (χ0n) is 11.0. The van der Waals surface area contributed by atoms with Crippen LogP contribution in [0.5, 0.6) is 0 Å². The third-order valence-corrected chi connectivity index (χ3v) is 3.30. The molecule has 1 N–H and O–H groups in total. The third-order valence-electron chi connectivity index (χ3n) is 3.30. The van der Waals surface area contributed by atoms with E-state index in [0.29, 0.717) is 13.2 Å². The van der Waals surface area contributed by atoms with Crippen LogP contribution in [0.15, 0.2) is 24.3 Å². The van der Waals surface area contributed by atoms with Gasteiger partial charge in [0.05, 0.1) is 25.7 Å². The molecule has 1 unspecified atom stereocenters. The van der Waals surface area contributed by atoms with E-state index in [0.717, 1.165) is 30.6 Å². The van der Waals surface area contributed by atoms with Gasteiger partial charge in [-0.05, 0) is 30.4 Å². The molecule has 0 aromatic heterocycles. The van der Waals surface area contributed by atoms with Gasteiger partial charge in [0.15, 0.2) is 0 Å². The van der Waals surface area contributed by atoms with Gasteiger partial charge in [-0.2, -0.15) is 0 Å². The zero-order valence-corrected chi connectivity index (χ0v) is 11.0. The first-order valence-corrected chi connectivity index (χ1v) is 6.73. The van der Waals surface area contributed by atoms with Gasteiger partial charge in [-0.3, -0.25) is 4.79 Å². The van der Waals surface area contributed by atoms with E-state index in [2.05, 4.69) is 0 Å². The normalized spacial score (nSPS) is 19.3. The fraction of sp³-hybridized carbons (Fsp3) is 0.533. The van der Waals surface area contributed by atoms with Crippen molar-refractivity contribution in [3.05, 3.63) is 35.4 Å². The Kier molecular flexibility index (Phi) is 5.36. The maximum absolute atomic E-state index is 10.8. The standard InChI is InChI=1S/C15H20O4/c16-15(17)9-12-5-1-2-6-13(12)10-18-11-14-7-3-4-8-19-14/h1-2,5-6,14H,3-4,7-11H2,(H,16,17). The molecule has 1 aliphatic heterocycles. The van der Waals surface area contributed by atoms with Gasteiger partial charge >= 0.3 is 5.97 Å². The average Bonchev–Trinajstić information content (AvgIpc) is 2.41. The van der Waals surface area contributed by atoms with Gasteiger partial charge < -0.3 is 14.6 Å². The molecule has 0 aliphatic carbocycles. The number of ether oxygens (including phenoxy) is 2. The second-order valence-electron chi connectivity index (χ2n) is 4.84. The summed E-state index contributed by atoms with van der Waals surface area (Å²) in [6, 6.07) is 7.51. The van der Waals surface area contributed by atoms with E-state index in [1.54, 1.807) is 0 Å². The Morgan fingerprint density at radius 3 is 2.79 bits per heavy atom. The number of aliphatic carboxylic acids is 1. The lowest BCUT2D eigenvalue weighted by molar-refractivity contribution is -0.136. The summed E-state index contributed by atoms with van der Waals surface area (Å²) in [4.78, 5) is 10.8. The fourth-order valence-corrected chi connectivity index (χ4v) is 2.27. The van der Waals surface area contributed by atoms with Gasteiger partial charge in [0.2, 0.25) is 0 Å². The van der Waals surface area contributed by atoms with Crippen LogP contribution in [0.3, 0.4) is 0 Å². The fourth-order valence-electron chi connectivity index (χ4n) is 2.27. The molecule has 0 bridgehead atoms. The largest absolute Gasteiger partial charge is 0.481 e. The molecule has 0 radical (unpaired) electrons. The summed E-state index contributed by atoms with van der Waals surface area (Å²) in [5.41, 5.74) is 1.76. The van der Waals surface area contributed by atoms with Crippen LogP contribution in [0.1, 0.15) is 30.4 Å². The SMILES string of the molecule is O=C(O)Cc1ccccc1COCC1CCCCO1. The molecule has 2 rings (SSSR count). The Labute approximate surface area is 113 Å². The topological polar surface area (TPSA) is 55.8 Å². The van der Waals surface area contributed by atoms with Gasteiger partial charge in [-0.15, -0.1) is 0 Å². The summed E-state index contributed by atoms with van der Waals surface area (Å²) >= 11 is 0. The number of carbonyl (C=O) groups is 1. The average molecular weight is 264 g/mol. The lowest BCUT2D eigenvalue weighted by Crippen LogP contribution is -2.24. The van der Waals surface area contributed by atoms with Crippen molar-refractivity contribution in [2.75, 3.05) is 13.2 Å².